The maximum absolute atomic E-state index is 11.6. The van der Waals surface area contributed by atoms with Crippen molar-refractivity contribution in [3.63, 3.8) is 0 Å². The molecule has 0 saturated carbocycles. The Morgan fingerprint density at radius 1 is 1.00 bits per heavy atom. The van der Waals surface area contributed by atoms with Crippen molar-refractivity contribution in [1.82, 2.24) is 0 Å². The van der Waals surface area contributed by atoms with Gasteiger partial charge >= 0.3 is 5.97 Å². The summed E-state index contributed by atoms with van der Waals surface area (Å²) in [6.45, 7) is 10.3. The van der Waals surface area contributed by atoms with Crippen LogP contribution in [0.25, 0.3) is 0 Å². The lowest BCUT2D eigenvalue weighted by molar-refractivity contribution is -0.130. The van der Waals surface area contributed by atoms with Crippen LogP contribution in [0.5, 0.6) is 5.75 Å². The Balaban J connectivity index is 2.82. The number of Topliss-reactive ketones (excluding diaryl/α,β-unsaturated/α-hetero) is 1. The molecule has 1 aromatic carbocycles. The van der Waals surface area contributed by atoms with E-state index >= 15 is 0 Å². The van der Waals surface area contributed by atoms with Crippen molar-refractivity contribution in [2.75, 3.05) is 0 Å². The van der Waals surface area contributed by atoms with Gasteiger partial charge in [-0.15, -0.1) is 0 Å². The Bertz CT molecular complexity index is 481. The lowest BCUT2D eigenvalue weighted by Crippen LogP contribution is -2.08. The highest BCUT2D eigenvalue weighted by molar-refractivity contribution is 6.07. The molecule has 1 aromatic rings. The number of allylic oxidation sites excluding steroid dienone is 1. The van der Waals surface area contributed by atoms with Crippen LogP contribution in [-0.2, 0) is 4.79 Å². The first-order chi connectivity index (χ1) is 7.91. The predicted octanol–water partition coefficient (Wildman–Crippen LogP) is 2.93. The van der Waals surface area contributed by atoms with Gasteiger partial charge in [-0.2, -0.15) is 0 Å². The van der Waals surface area contributed by atoms with Gasteiger partial charge in [-0.25, -0.2) is 4.79 Å². The standard InChI is InChI=1S/C14H14O3/c1-9(2)13(15)11-5-7-12(8-6-11)17-14(16)10(3)4/h5-8H,1,3H2,2,4H3. The molecule has 0 saturated heterocycles. The molecule has 0 aliphatic rings. The molecule has 0 bridgehead atoms. The zero-order chi connectivity index (χ0) is 13.0. The Morgan fingerprint density at radius 2 is 1.53 bits per heavy atom. The van der Waals surface area contributed by atoms with Gasteiger partial charge in [0.25, 0.3) is 0 Å². The second-order valence-corrected chi connectivity index (χ2v) is 3.80. The van der Waals surface area contributed by atoms with E-state index < -0.39 is 5.97 Å². The fourth-order valence-corrected chi connectivity index (χ4v) is 1.11. The molecule has 0 heterocycles. The zero-order valence-corrected chi connectivity index (χ0v) is 9.95. The van der Waals surface area contributed by atoms with Crippen LogP contribution in [0.15, 0.2) is 48.6 Å². The maximum atomic E-state index is 11.6. The molecule has 3 heteroatoms. The van der Waals surface area contributed by atoms with Gasteiger partial charge in [0.15, 0.2) is 5.78 Å². The van der Waals surface area contributed by atoms with Gasteiger partial charge in [0.1, 0.15) is 5.75 Å². The molecule has 0 spiro atoms. The van der Waals surface area contributed by atoms with Crippen LogP contribution in [0, 0.1) is 0 Å². The number of benzene rings is 1. The van der Waals surface area contributed by atoms with E-state index in [9.17, 15) is 9.59 Å². The molecular weight excluding hydrogens is 216 g/mol. The molecule has 0 N–H and O–H groups in total. The molecule has 0 unspecified atom stereocenters. The van der Waals surface area contributed by atoms with Gasteiger partial charge in [-0.05, 0) is 43.7 Å². The Morgan fingerprint density at radius 3 is 1.94 bits per heavy atom. The number of rotatable bonds is 4. The van der Waals surface area contributed by atoms with Gasteiger partial charge in [0, 0.05) is 11.1 Å². The van der Waals surface area contributed by atoms with Crippen molar-refractivity contribution >= 4 is 11.8 Å². The summed E-state index contributed by atoms with van der Waals surface area (Å²) in [5, 5.41) is 0. The van der Waals surface area contributed by atoms with Crippen molar-refractivity contribution < 1.29 is 14.3 Å². The van der Waals surface area contributed by atoms with Crippen LogP contribution in [-0.4, -0.2) is 11.8 Å². The van der Waals surface area contributed by atoms with E-state index in [4.69, 9.17) is 4.74 Å². The first-order valence-corrected chi connectivity index (χ1v) is 5.09. The first kappa shape index (κ1) is 12.9. The van der Waals surface area contributed by atoms with Gasteiger partial charge < -0.3 is 4.74 Å². The first-order valence-electron chi connectivity index (χ1n) is 5.09. The van der Waals surface area contributed by atoms with Gasteiger partial charge in [-0.3, -0.25) is 4.79 Å². The zero-order valence-electron chi connectivity index (χ0n) is 9.95. The number of hydrogen-bond donors (Lipinski definition) is 0. The monoisotopic (exact) mass is 230 g/mol. The largest absolute Gasteiger partial charge is 0.423 e. The third kappa shape index (κ3) is 3.41. The molecule has 0 aliphatic heterocycles. The summed E-state index contributed by atoms with van der Waals surface area (Å²) in [6.07, 6.45) is 0. The van der Waals surface area contributed by atoms with Crippen molar-refractivity contribution in [2.45, 2.75) is 13.8 Å². The second kappa shape index (κ2) is 5.25. The number of carbonyl (C=O) groups excluding carboxylic acids is 2. The number of carbonyl (C=O) groups is 2. The summed E-state index contributed by atoms with van der Waals surface area (Å²) in [5.41, 5.74) is 1.32. The summed E-state index contributed by atoms with van der Waals surface area (Å²) in [5.74, 6) is -0.219. The Kier molecular flexibility index (Phi) is 3.99. The van der Waals surface area contributed by atoms with Gasteiger partial charge in [-0.1, -0.05) is 13.2 Å². The molecule has 0 radical (unpaired) electrons. The summed E-state index contributed by atoms with van der Waals surface area (Å²) < 4.78 is 5.00. The quantitative estimate of drug-likeness (QED) is 0.345. The molecule has 88 valence electrons. The number of ether oxygens (including phenoxy) is 1. The molecule has 0 fully saturated rings. The molecule has 17 heavy (non-hydrogen) atoms. The maximum Gasteiger partial charge on any atom is 0.338 e. The summed E-state index contributed by atoms with van der Waals surface area (Å²) >= 11 is 0. The molecule has 0 atom stereocenters. The van der Waals surface area contributed by atoms with Crippen LogP contribution in [0.3, 0.4) is 0 Å². The van der Waals surface area contributed by atoms with Crippen LogP contribution in [0.4, 0.5) is 0 Å². The average Bonchev–Trinajstić information content (AvgIpc) is 2.28. The van der Waals surface area contributed by atoms with Crippen molar-refractivity contribution in [2.24, 2.45) is 0 Å². The van der Waals surface area contributed by atoms with Crippen LogP contribution in [0.2, 0.25) is 0 Å². The van der Waals surface area contributed by atoms with E-state index in [1.54, 1.807) is 38.1 Å². The highest BCUT2D eigenvalue weighted by Crippen LogP contribution is 2.15. The summed E-state index contributed by atoms with van der Waals surface area (Å²) in [6, 6.07) is 6.32. The third-order valence-electron chi connectivity index (χ3n) is 2.06. The normalized spacial score (nSPS) is 9.53. The minimum absolute atomic E-state index is 0.122. The fourth-order valence-electron chi connectivity index (χ4n) is 1.11. The Hall–Kier alpha value is -2.16. The minimum atomic E-state index is -0.482. The highest BCUT2D eigenvalue weighted by Gasteiger charge is 2.08. The summed E-state index contributed by atoms with van der Waals surface area (Å²) in [4.78, 5) is 22.8. The highest BCUT2D eigenvalue weighted by atomic mass is 16.5. The van der Waals surface area contributed by atoms with Crippen LogP contribution in [0.1, 0.15) is 24.2 Å². The molecule has 0 aliphatic carbocycles. The topological polar surface area (TPSA) is 43.4 Å². The van der Waals surface area contributed by atoms with E-state index in [1.807, 2.05) is 0 Å². The van der Waals surface area contributed by atoms with Gasteiger partial charge in [0.2, 0.25) is 0 Å². The lowest BCUT2D eigenvalue weighted by atomic mass is 10.1. The fraction of sp³-hybridized carbons (Fsp3) is 0.143. The smallest absolute Gasteiger partial charge is 0.338 e. The molecular formula is C14H14O3. The average molecular weight is 230 g/mol. The van der Waals surface area contributed by atoms with E-state index in [0.29, 0.717) is 22.5 Å². The second-order valence-electron chi connectivity index (χ2n) is 3.80. The molecule has 0 aromatic heterocycles. The minimum Gasteiger partial charge on any atom is -0.423 e. The Labute approximate surface area is 100 Å². The van der Waals surface area contributed by atoms with E-state index in [-0.39, 0.29) is 5.78 Å². The van der Waals surface area contributed by atoms with Crippen LogP contribution < -0.4 is 4.74 Å². The SMILES string of the molecule is C=C(C)C(=O)Oc1ccc(C(=O)C(=C)C)cc1. The van der Waals surface area contributed by atoms with Crippen molar-refractivity contribution in [1.29, 1.82) is 0 Å². The van der Waals surface area contributed by atoms with E-state index in [1.165, 1.54) is 0 Å². The van der Waals surface area contributed by atoms with Crippen LogP contribution >= 0.6 is 0 Å². The van der Waals surface area contributed by atoms with Gasteiger partial charge in [0.05, 0.1) is 0 Å². The van der Waals surface area contributed by atoms with E-state index in [0.717, 1.165) is 0 Å². The molecule has 3 nitrogen and oxygen atoms in total. The van der Waals surface area contributed by atoms with Crippen molar-refractivity contribution in [3.8, 4) is 5.75 Å². The third-order valence-corrected chi connectivity index (χ3v) is 2.06. The van der Waals surface area contributed by atoms with E-state index in [2.05, 4.69) is 13.2 Å². The predicted molar refractivity (Wildman–Crippen MR) is 66.0 cm³/mol. The number of hydrogen-bond acceptors (Lipinski definition) is 3. The molecule has 1 rings (SSSR count). The molecule has 0 amide bonds. The van der Waals surface area contributed by atoms with Crippen molar-refractivity contribution in [3.05, 3.63) is 54.1 Å². The number of esters is 1. The lowest BCUT2D eigenvalue weighted by Gasteiger charge is -2.04. The number of ketones is 1. The summed E-state index contributed by atoms with van der Waals surface area (Å²) in [7, 11) is 0.